The summed E-state index contributed by atoms with van der Waals surface area (Å²) in [5.41, 5.74) is 2.78. The van der Waals surface area contributed by atoms with Crippen molar-refractivity contribution >= 4 is 44.7 Å². The van der Waals surface area contributed by atoms with Gasteiger partial charge in [0.1, 0.15) is 10.8 Å². The van der Waals surface area contributed by atoms with Crippen molar-refractivity contribution in [2.75, 3.05) is 31.3 Å². The van der Waals surface area contributed by atoms with E-state index in [1.807, 2.05) is 37.1 Å². The van der Waals surface area contributed by atoms with E-state index in [0.29, 0.717) is 16.9 Å². The summed E-state index contributed by atoms with van der Waals surface area (Å²) >= 11 is 1.64. The molecule has 0 fully saturated rings. The average Bonchev–Trinajstić information content (AvgIpc) is 3.28. The molecule has 7 nitrogen and oxygen atoms in total. The molecule has 0 spiro atoms. The van der Waals surface area contributed by atoms with E-state index in [1.54, 1.807) is 67.0 Å². The van der Waals surface area contributed by atoms with Gasteiger partial charge in [0, 0.05) is 16.9 Å². The summed E-state index contributed by atoms with van der Waals surface area (Å²) in [6, 6.07) is 21.9. The van der Waals surface area contributed by atoms with Crippen molar-refractivity contribution in [3.63, 3.8) is 0 Å². The molecule has 1 aromatic heterocycles. The van der Waals surface area contributed by atoms with Gasteiger partial charge in [-0.1, -0.05) is 12.1 Å². The Balaban J connectivity index is 1.31. The number of likely N-dealkylation sites (N-methyl/N-ethyl adjacent to an activating group) is 1. The summed E-state index contributed by atoms with van der Waals surface area (Å²) in [5, 5.41) is 6.71. The summed E-state index contributed by atoms with van der Waals surface area (Å²) in [4.78, 5) is 31.7. The highest BCUT2D eigenvalue weighted by Gasteiger charge is 2.18. The van der Waals surface area contributed by atoms with Gasteiger partial charge in [-0.25, -0.2) is 4.98 Å². The highest BCUT2D eigenvalue weighted by atomic mass is 32.1. The smallest absolute Gasteiger partial charge is 0.255 e. The zero-order chi connectivity index (χ0) is 24.1. The minimum absolute atomic E-state index is 0.00664. The number of nitrogens with one attached hydrogen (secondary N) is 2. The molecule has 0 bridgehead atoms. The fourth-order valence-corrected chi connectivity index (χ4v) is 4.49. The quantitative estimate of drug-likeness (QED) is 0.367. The van der Waals surface area contributed by atoms with E-state index in [2.05, 4.69) is 16.7 Å². The van der Waals surface area contributed by atoms with Gasteiger partial charge in [-0.3, -0.25) is 14.5 Å². The third-order valence-electron chi connectivity index (χ3n) is 5.50. The molecular formula is C26H26N4O3S. The van der Waals surface area contributed by atoms with Gasteiger partial charge in [0.25, 0.3) is 5.91 Å². The Hall–Kier alpha value is -3.75. The normalized spacial score (nSPS) is 11.9. The van der Waals surface area contributed by atoms with Crippen LogP contribution >= 0.6 is 11.3 Å². The lowest BCUT2D eigenvalue weighted by Crippen LogP contribution is -2.32. The van der Waals surface area contributed by atoms with E-state index in [1.165, 1.54) is 0 Å². The SMILES string of the molecule is COc1ccc(NC(=O)c2ccc(NC(=O)CN(C)[C@@H](C)c3nc4ccccc4s3)cc2)cc1. The Morgan fingerprint density at radius 1 is 0.971 bits per heavy atom. The highest BCUT2D eigenvalue weighted by Crippen LogP contribution is 2.28. The number of hydrogen-bond acceptors (Lipinski definition) is 6. The fraction of sp³-hybridized carbons (Fsp3) is 0.192. The maximum atomic E-state index is 12.6. The van der Waals surface area contributed by atoms with E-state index in [0.717, 1.165) is 21.0 Å². The number of methoxy groups -OCH3 is 1. The number of carbonyl (C=O) groups is 2. The number of nitrogens with zero attached hydrogens (tertiary/aromatic N) is 2. The molecule has 0 radical (unpaired) electrons. The lowest BCUT2D eigenvalue weighted by atomic mass is 10.2. The first-order chi connectivity index (χ1) is 16.4. The molecule has 34 heavy (non-hydrogen) atoms. The van der Waals surface area contributed by atoms with Crippen LogP contribution in [0.25, 0.3) is 10.2 Å². The molecule has 174 valence electrons. The van der Waals surface area contributed by atoms with Crippen LogP contribution in [-0.4, -0.2) is 42.4 Å². The van der Waals surface area contributed by atoms with E-state index in [9.17, 15) is 9.59 Å². The summed E-state index contributed by atoms with van der Waals surface area (Å²) in [5.74, 6) is 0.358. The van der Waals surface area contributed by atoms with Gasteiger partial charge in [0.15, 0.2) is 0 Å². The lowest BCUT2D eigenvalue weighted by molar-refractivity contribution is -0.117. The highest BCUT2D eigenvalue weighted by molar-refractivity contribution is 7.18. The van der Waals surface area contributed by atoms with Gasteiger partial charge < -0.3 is 15.4 Å². The van der Waals surface area contributed by atoms with Crippen molar-refractivity contribution in [1.82, 2.24) is 9.88 Å². The number of anilines is 2. The number of hydrogen-bond donors (Lipinski definition) is 2. The number of benzene rings is 3. The Kier molecular flexibility index (Phi) is 7.20. The van der Waals surface area contributed by atoms with Crippen LogP contribution in [0.1, 0.15) is 28.3 Å². The third-order valence-corrected chi connectivity index (χ3v) is 6.71. The zero-order valence-electron chi connectivity index (χ0n) is 19.2. The number of carbonyl (C=O) groups excluding carboxylic acids is 2. The third kappa shape index (κ3) is 5.59. The molecule has 0 unspecified atom stereocenters. The minimum atomic E-state index is -0.229. The van der Waals surface area contributed by atoms with Crippen LogP contribution in [0.2, 0.25) is 0 Å². The molecule has 0 aliphatic rings. The first kappa shape index (κ1) is 23.4. The Morgan fingerprint density at radius 3 is 2.29 bits per heavy atom. The molecule has 0 aliphatic heterocycles. The van der Waals surface area contributed by atoms with Crippen molar-refractivity contribution in [2.45, 2.75) is 13.0 Å². The maximum absolute atomic E-state index is 12.6. The first-order valence-electron chi connectivity index (χ1n) is 10.8. The molecule has 8 heteroatoms. The predicted octanol–water partition coefficient (Wildman–Crippen LogP) is 5.19. The van der Waals surface area contributed by atoms with Crippen molar-refractivity contribution < 1.29 is 14.3 Å². The van der Waals surface area contributed by atoms with Crippen LogP contribution in [0.5, 0.6) is 5.75 Å². The van der Waals surface area contributed by atoms with Crippen molar-refractivity contribution in [2.24, 2.45) is 0 Å². The molecule has 1 heterocycles. The van der Waals surface area contributed by atoms with Gasteiger partial charge in [0.05, 0.1) is 29.9 Å². The number of amides is 2. The molecule has 1 atom stereocenters. The van der Waals surface area contributed by atoms with Gasteiger partial charge >= 0.3 is 0 Å². The van der Waals surface area contributed by atoms with E-state index in [-0.39, 0.29) is 24.4 Å². The second-order valence-electron chi connectivity index (χ2n) is 7.92. The van der Waals surface area contributed by atoms with Crippen LogP contribution in [0.3, 0.4) is 0 Å². The van der Waals surface area contributed by atoms with Gasteiger partial charge in [-0.05, 0) is 74.6 Å². The van der Waals surface area contributed by atoms with Crippen LogP contribution in [0.15, 0.2) is 72.8 Å². The molecular weight excluding hydrogens is 448 g/mol. The topological polar surface area (TPSA) is 83.6 Å². The van der Waals surface area contributed by atoms with Crippen molar-refractivity contribution in [3.8, 4) is 5.75 Å². The summed E-state index contributed by atoms with van der Waals surface area (Å²) in [7, 11) is 3.50. The van der Waals surface area contributed by atoms with Crippen LogP contribution < -0.4 is 15.4 Å². The lowest BCUT2D eigenvalue weighted by Gasteiger charge is -2.22. The monoisotopic (exact) mass is 474 g/mol. The van der Waals surface area contributed by atoms with Crippen LogP contribution in [0.4, 0.5) is 11.4 Å². The second kappa shape index (κ2) is 10.5. The van der Waals surface area contributed by atoms with Gasteiger partial charge in [0.2, 0.25) is 5.91 Å². The van der Waals surface area contributed by atoms with Crippen molar-refractivity contribution in [3.05, 3.63) is 83.4 Å². The maximum Gasteiger partial charge on any atom is 0.255 e. The minimum Gasteiger partial charge on any atom is -0.497 e. The van der Waals surface area contributed by atoms with Gasteiger partial charge in [-0.2, -0.15) is 0 Å². The number of thiazole rings is 1. The summed E-state index contributed by atoms with van der Waals surface area (Å²) in [6.45, 7) is 2.26. The number of aromatic nitrogens is 1. The summed E-state index contributed by atoms with van der Waals surface area (Å²) in [6.07, 6.45) is 0. The Bertz CT molecular complexity index is 1250. The van der Waals surface area contributed by atoms with E-state index in [4.69, 9.17) is 9.72 Å². The van der Waals surface area contributed by atoms with Crippen LogP contribution in [-0.2, 0) is 4.79 Å². The number of fused-ring (bicyclic) bond motifs is 1. The average molecular weight is 475 g/mol. The van der Waals surface area contributed by atoms with Crippen LogP contribution in [0, 0.1) is 0 Å². The largest absolute Gasteiger partial charge is 0.497 e. The molecule has 4 aromatic rings. The molecule has 2 N–H and O–H groups in total. The number of ether oxygens (including phenoxy) is 1. The summed E-state index contributed by atoms with van der Waals surface area (Å²) < 4.78 is 6.26. The molecule has 3 aromatic carbocycles. The van der Waals surface area contributed by atoms with Crippen molar-refractivity contribution in [1.29, 1.82) is 0 Å². The molecule has 4 rings (SSSR count). The zero-order valence-corrected chi connectivity index (χ0v) is 20.1. The molecule has 0 saturated carbocycles. The Morgan fingerprint density at radius 2 is 1.62 bits per heavy atom. The standard InChI is InChI=1S/C26H26N4O3S/c1-17(26-29-22-6-4-5-7-23(22)34-26)30(2)16-24(31)27-19-10-8-18(9-11-19)25(32)28-20-12-14-21(33-3)15-13-20/h4-15,17H,16H2,1-3H3,(H,27,31)(H,28,32)/t17-/m0/s1. The van der Waals surface area contributed by atoms with E-state index >= 15 is 0 Å². The fourth-order valence-electron chi connectivity index (χ4n) is 3.40. The second-order valence-corrected chi connectivity index (χ2v) is 8.98. The van der Waals surface area contributed by atoms with E-state index < -0.39 is 0 Å². The Labute approximate surface area is 202 Å². The molecule has 2 amide bonds. The first-order valence-corrected chi connectivity index (χ1v) is 11.7. The molecule has 0 aliphatic carbocycles. The van der Waals surface area contributed by atoms with Gasteiger partial charge in [-0.15, -0.1) is 11.3 Å². The number of para-hydroxylation sites is 1. The predicted molar refractivity (Wildman–Crippen MR) is 137 cm³/mol. The number of rotatable bonds is 8. The molecule has 0 saturated heterocycles.